The van der Waals surface area contributed by atoms with E-state index in [1.807, 2.05) is 42.5 Å². The van der Waals surface area contributed by atoms with Crippen LogP contribution >= 0.6 is 15.6 Å². The standard InChI is InChI=1S/C91H150O17P2/c1-5-9-13-17-21-25-29-33-37-40-42-45-48-51-55-59-63-67-71-75-88(93)101-81-86(107-90(95)77-73-69-65-61-57-53-47-36-32-28-24-20-16-12-8-4)83-105-109(97,98)103-79-85(92)80-104-110(99,100)106-84-87(108-91(96)78-74-70-66-62-58-54-50-44-39-35-31-27-23-19-15-11-7-3)82-102-89(94)76-72-68-64-60-56-52-49-46-43-41-38-34-30-26-22-18-14-10-6-2/h21-23,25-27,33-35,37-39,42-43,45-46,50-52,54-56,62-64,66-68,85-87,92H,5-20,24,28-32,36,40-41,44,47-49,53,57-61,65,69-84H2,1-4H3,(H,97,98)(H,99,100)/b25-21-,26-22-,27-23-,37-33-,38-34-,39-35-,45-42-,46-43-,54-50-,55-51-,56-52-,66-62-,67-63-,68-64-/t85-,86+,87+/m0/s1. The summed E-state index contributed by atoms with van der Waals surface area (Å²) >= 11 is 0. The highest BCUT2D eigenvalue weighted by Gasteiger charge is 2.30. The second-order valence-electron chi connectivity index (χ2n) is 27.7. The van der Waals surface area contributed by atoms with Gasteiger partial charge in [-0.05, 0) is 141 Å². The van der Waals surface area contributed by atoms with Crippen molar-refractivity contribution in [3.63, 3.8) is 0 Å². The molecule has 0 aliphatic rings. The third kappa shape index (κ3) is 80.5. The normalized spacial score (nSPS) is 14.6. The molecule has 5 atom stereocenters. The predicted octanol–water partition coefficient (Wildman–Crippen LogP) is 25.3. The van der Waals surface area contributed by atoms with Gasteiger partial charge in [0, 0.05) is 25.7 Å². The Morgan fingerprint density at radius 3 is 0.755 bits per heavy atom. The van der Waals surface area contributed by atoms with Crippen LogP contribution in [0.1, 0.15) is 323 Å². The molecule has 0 amide bonds. The summed E-state index contributed by atoms with van der Waals surface area (Å²) in [5, 5.41) is 10.7. The van der Waals surface area contributed by atoms with Gasteiger partial charge < -0.3 is 33.8 Å². The molecule has 0 aromatic heterocycles. The molecule has 0 saturated heterocycles. The number of aliphatic hydroxyl groups is 1. The van der Waals surface area contributed by atoms with Crippen LogP contribution < -0.4 is 0 Å². The largest absolute Gasteiger partial charge is 0.472 e. The van der Waals surface area contributed by atoms with Gasteiger partial charge in [-0.3, -0.25) is 37.3 Å². The summed E-state index contributed by atoms with van der Waals surface area (Å²) < 4.78 is 68.5. The third-order valence-corrected chi connectivity index (χ3v) is 19.1. The van der Waals surface area contributed by atoms with Crippen LogP contribution in [0, 0.1) is 0 Å². The van der Waals surface area contributed by atoms with Gasteiger partial charge in [0.1, 0.15) is 19.3 Å². The second-order valence-corrected chi connectivity index (χ2v) is 30.6. The summed E-state index contributed by atoms with van der Waals surface area (Å²) in [4.78, 5) is 73.1. The number of hydrogen-bond acceptors (Lipinski definition) is 15. The number of esters is 4. The fraction of sp³-hybridized carbons (Fsp3) is 0.648. The van der Waals surface area contributed by atoms with E-state index in [4.69, 9.17) is 37.0 Å². The number of unbranched alkanes of at least 4 members (excludes halogenated alkanes) is 24. The van der Waals surface area contributed by atoms with Gasteiger partial charge in [-0.1, -0.05) is 326 Å². The van der Waals surface area contributed by atoms with Crippen molar-refractivity contribution < 1.29 is 80.2 Å². The molecule has 0 spiro atoms. The minimum atomic E-state index is -5.02. The first-order valence-electron chi connectivity index (χ1n) is 42.4. The molecule has 626 valence electrons. The van der Waals surface area contributed by atoms with Crippen LogP contribution in [0.25, 0.3) is 0 Å². The first-order valence-corrected chi connectivity index (χ1v) is 45.4. The molecule has 0 heterocycles. The van der Waals surface area contributed by atoms with E-state index < -0.39 is 97.5 Å². The molecule has 3 N–H and O–H groups in total. The molecule has 0 aromatic rings. The highest BCUT2D eigenvalue weighted by Crippen LogP contribution is 2.45. The first-order chi connectivity index (χ1) is 53.7. The number of rotatable bonds is 78. The first kappa shape index (κ1) is 104. The van der Waals surface area contributed by atoms with Crippen LogP contribution in [0.5, 0.6) is 0 Å². The van der Waals surface area contributed by atoms with Crippen LogP contribution in [0.4, 0.5) is 0 Å². The van der Waals surface area contributed by atoms with Crippen molar-refractivity contribution in [3.8, 4) is 0 Å². The van der Waals surface area contributed by atoms with E-state index in [2.05, 4.69) is 155 Å². The summed E-state index contributed by atoms with van der Waals surface area (Å²) in [5.74, 6) is -2.44. The lowest BCUT2D eigenvalue weighted by Crippen LogP contribution is -2.30. The van der Waals surface area contributed by atoms with Crippen LogP contribution in [0.2, 0.25) is 0 Å². The molecule has 17 nitrogen and oxygen atoms in total. The molecule has 19 heteroatoms. The molecule has 0 radical (unpaired) electrons. The summed E-state index contributed by atoms with van der Waals surface area (Å²) in [6.45, 7) is 4.57. The Morgan fingerprint density at radius 1 is 0.255 bits per heavy atom. The number of ether oxygens (including phenoxy) is 4. The van der Waals surface area contributed by atoms with E-state index in [-0.39, 0.29) is 25.7 Å². The molecule has 0 saturated carbocycles. The lowest BCUT2D eigenvalue weighted by atomic mass is 10.0. The highest BCUT2D eigenvalue weighted by atomic mass is 31.2. The zero-order valence-corrected chi connectivity index (χ0v) is 70.4. The predicted molar refractivity (Wildman–Crippen MR) is 454 cm³/mol. The van der Waals surface area contributed by atoms with E-state index in [0.29, 0.717) is 44.9 Å². The molecule has 0 rings (SSSR count). The van der Waals surface area contributed by atoms with Crippen molar-refractivity contribution in [3.05, 3.63) is 170 Å². The average molecular weight is 1580 g/mol. The maximum Gasteiger partial charge on any atom is 0.472 e. The number of aliphatic hydroxyl groups excluding tert-OH is 1. The van der Waals surface area contributed by atoms with Crippen LogP contribution in [0.15, 0.2) is 170 Å². The van der Waals surface area contributed by atoms with Crippen molar-refractivity contribution in [2.45, 2.75) is 341 Å². The van der Waals surface area contributed by atoms with Crippen LogP contribution in [-0.4, -0.2) is 96.7 Å². The number of allylic oxidation sites excluding steroid dienone is 28. The van der Waals surface area contributed by atoms with Gasteiger partial charge in [0.05, 0.1) is 26.4 Å². The van der Waals surface area contributed by atoms with E-state index in [0.717, 1.165) is 103 Å². The van der Waals surface area contributed by atoms with Gasteiger partial charge in [0.25, 0.3) is 0 Å². The molecule has 0 aliphatic heterocycles. The average Bonchev–Trinajstić information content (AvgIpc) is 0.906. The molecule has 0 aliphatic carbocycles. The number of hydrogen-bond donors (Lipinski definition) is 3. The SMILES string of the molecule is CCCCC/C=C\C/C=C\C/C=C\C/C=C\C/C=C\CCC(=O)OC[C@H](COP(=O)(O)OC[C@@H](O)COP(=O)(O)OC[C@@H](COC(=O)CC/C=C\C/C=C\C/C=C\C/C=C\C/C=C\CCCCC)OC(=O)CCCCCCCCCCCCCCCCC)OC(=O)CCC/C=C\C/C=C\C/C=C\C/C=C\CCCCC. The maximum atomic E-state index is 13.1. The Bertz CT molecular complexity index is 2750. The van der Waals surface area contributed by atoms with Crippen LogP contribution in [-0.2, 0) is 65.4 Å². The van der Waals surface area contributed by atoms with Gasteiger partial charge in [-0.15, -0.1) is 0 Å². The topological polar surface area (TPSA) is 237 Å². The zero-order chi connectivity index (χ0) is 80.3. The fourth-order valence-corrected chi connectivity index (χ4v) is 12.3. The number of phosphoric acid groups is 2. The van der Waals surface area contributed by atoms with Crippen LogP contribution in [0.3, 0.4) is 0 Å². The van der Waals surface area contributed by atoms with Gasteiger partial charge in [0.2, 0.25) is 0 Å². The minimum Gasteiger partial charge on any atom is -0.462 e. The molecule has 0 aromatic carbocycles. The minimum absolute atomic E-state index is 0.00348. The Hall–Kier alpha value is -5.58. The Labute approximate surface area is 667 Å². The smallest absolute Gasteiger partial charge is 0.462 e. The Morgan fingerprint density at radius 2 is 0.473 bits per heavy atom. The van der Waals surface area contributed by atoms with E-state index in [1.165, 1.54) is 122 Å². The lowest BCUT2D eigenvalue weighted by Gasteiger charge is -2.21. The number of phosphoric ester groups is 2. The number of carbonyl (C=O) groups excluding carboxylic acids is 4. The van der Waals surface area contributed by atoms with Crippen molar-refractivity contribution >= 4 is 39.5 Å². The molecule has 2 unspecified atom stereocenters. The fourth-order valence-electron chi connectivity index (χ4n) is 10.7. The van der Waals surface area contributed by atoms with Crippen molar-refractivity contribution in [2.75, 3.05) is 39.6 Å². The monoisotopic (exact) mass is 1580 g/mol. The quantitative estimate of drug-likeness (QED) is 0.0169. The maximum absolute atomic E-state index is 13.1. The highest BCUT2D eigenvalue weighted by molar-refractivity contribution is 7.47. The van der Waals surface area contributed by atoms with Gasteiger partial charge >= 0.3 is 39.5 Å². The summed E-state index contributed by atoms with van der Waals surface area (Å²) in [6, 6.07) is 0. The second kappa shape index (κ2) is 81.4. The van der Waals surface area contributed by atoms with Crippen molar-refractivity contribution in [1.29, 1.82) is 0 Å². The van der Waals surface area contributed by atoms with E-state index >= 15 is 0 Å². The van der Waals surface area contributed by atoms with E-state index in [9.17, 15) is 43.2 Å². The van der Waals surface area contributed by atoms with Gasteiger partial charge in [-0.25, -0.2) is 9.13 Å². The van der Waals surface area contributed by atoms with Gasteiger partial charge in [-0.2, -0.15) is 0 Å². The van der Waals surface area contributed by atoms with E-state index in [1.54, 1.807) is 0 Å². The summed E-state index contributed by atoms with van der Waals surface area (Å²) in [6.07, 6.45) is 97.9. The molecular formula is C91H150O17P2. The van der Waals surface area contributed by atoms with Gasteiger partial charge in [0.15, 0.2) is 12.2 Å². The third-order valence-electron chi connectivity index (χ3n) is 17.2. The summed E-state index contributed by atoms with van der Waals surface area (Å²) in [5.41, 5.74) is 0. The van der Waals surface area contributed by atoms with Crippen molar-refractivity contribution in [1.82, 2.24) is 0 Å². The van der Waals surface area contributed by atoms with Crippen molar-refractivity contribution in [2.24, 2.45) is 0 Å². The molecular weight excluding hydrogens is 1430 g/mol. The molecule has 0 fully saturated rings. The summed E-state index contributed by atoms with van der Waals surface area (Å²) in [7, 11) is -10.0. The molecule has 110 heavy (non-hydrogen) atoms. The Balaban J connectivity index is 5.55. The molecule has 0 bridgehead atoms. The lowest BCUT2D eigenvalue weighted by molar-refractivity contribution is -0.161. The zero-order valence-electron chi connectivity index (χ0n) is 68.6. The Kier molecular flexibility index (Phi) is 77.3. The number of carbonyl (C=O) groups is 4.